The number of likely N-dealkylation sites (N-methyl/N-ethyl adjacent to an activating group) is 1. The van der Waals surface area contributed by atoms with Gasteiger partial charge in [0.05, 0.1) is 17.9 Å². The molecular weight excluding hydrogens is 278 g/mol. The third kappa shape index (κ3) is 3.03. The van der Waals surface area contributed by atoms with Crippen LogP contribution in [-0.2, 0) is 16.6 Å². The van der Waals surface area contributed by atoms with Crippen molar-refractivity contribution in [3.63, 3.8) is 0 Å². The van der Waals surface area contributed by atoms with Gasteiger partial charge in [-0.25, -0.2) is 13.1 Å². The normalized spacial score (nSPS) is 20.7. The Morgan fingerprint density at radius 2 is 2.15 bits per heavy atom. The van der Waals surface area contributed by atoms with Gasteiger partial charge < -0.3 is 10.6 Å². The molecule has 3 N–H and O–H groups in total. The highest BCUT2D eigenvalue weighted by Gasteiger charge is 2.29. The van der Waals surface area contributed by atoms with Crippen molar-refractivity contribution in [2.24, 2.45) is 5.73 Å². The highest BCUT2D eigenvalue weighted by atomic mass is 32.2. The van der Waals surface area contributed by atoms with Crippen molar-refractivity contribution in [1.29, 1.82) is 0 Å². The topological polar surface area (TPSA) is 93.2 Å². The van der Waals surface area contributed by atoms with Gasteiger partial charge in [0, 0.05) is 19.1 Å². The van der Waals surface area contributed by atoms with Crippen LogP contribution in [0.1, 0.15) is 17.8 Å². The molecule has 1 aliphatic rings. The van der Waals surface area contributed by atoms with Crippen LogP contribution in [0.2, 0.25) is 0 Å². The molecular formula is C12H23N5O2S. The van der Waals surface area contributed by atoms with Crippen molar-refractivity contribution in [3.05, 3.63) is 11.4 Å². The van der Waals surface area contributed by atoms with Gasteiger partial charge >= 0.3 is 0 Å². The zero-order chi connectivity index (χ0) is 14.9. The van der Waals surface area contributed by atoms with Crippen LogP contribution >= 0.6 is 0 Å². The molecule has 0 saturated carbocycles. The number of nitrogens with one attached hydrogen (secondary N) is 1. The fourth-order valence-corrected chi connectivity index (χ4v) is 4.39. The van der Waals surface area contributed by atoms with E-state index in [9.17, 15) is 8.42 Å². The van der Waals surface area contributed by atoms with Crippen LogP contribution < -0.4 is 10.5 Å². The molecule has 0 spiro atoms. The van der Waals surface area contributed by atoms with Crippen LogP contribution in [0.3, 0.4) is 0 Å². The first-order valence-electron chi connectivity index (χ1n) is 6.80. The molecule has 0 aliphatic carbocycles. The summed E-state index contributed by atoms with van der Waals surface area (Å²) in [6.07, 6.45) is 0.838. The van der Waals surface area contributed by atoms with E-state index in [2.05, 4.69) is 14.7 Å². The van der Waals surface area contributed by atoms with E-state index >= 15 is 0 Å². The molecule has 114 valence electrons. The van der Waals surface area contributed by atoms with Crippen molar-refractivity contribution >= 4 is 10.0 Å². The molecule has 8 heteroatoms. The minimum atomic E-state index is -3.53. The van der Waals surface area contributed by atoms with Gasteiger partial charge in [0.15, 0.2) is 0 Å². The third-order valence-electron chi connectivity index (χ3n) is 3.64. The summed E-state index contributed by atoms with van der Waals surface area (Å²) in [4.78, 5) is 2.41. The first-order chi connectivity index (χ1) is 9.35. The van der Waals surface area contributed by atoms with Crippen LogP contribution in [0.4, 0.5) is 0 Å². The molecule has 1 saturated heterocycles. The zero-order valence-corrected chi connectivity index (χ0v) is 13.1. The minimum Gasteiger partial charge on any atom is -0.329 e. The van der Waals surface area contributed by atoms with Gasteiger partial charge in [-0.15, -0.1) is 0 Å². The Bertz CT molecular complexity index is 581. The van der Waals surface area contributed by atoms with Gasteiger partial charge in [-0.05, 0) is 33.9 Å². The van der Waals surface area contributed by atoms with E-state index < -0.39 is 10.0 Å². The molecule has 1 aromatic heterocycles. The van der Waals surface area contributed by atoms with Crippen LogP contribution in [0.5, 0.6) is 0 Å². The first-order valence-corrected chi connectivity index (χ1v) is 8.28. The summed E-state index contributed by atoms with van der Waals surface area (Å²) in [7, 11) is -1.54. The smallest absolute Gasteiger partial charge is 0.244 e. The van der Waals surface area contributed by atoms with Crippen LogP contribution in [0, 0.1) is 13.8 Å². The van der Waals surface area contributed by atoms with Gasteiger partial charge in [-0.2, -0.15) is 5.10 Å². The molecule has 0 aromatic carbocycles. The highest BCUT2D eigenvalue weighted by Crippen LogP contribution is 2.20. The molecule has 1 atom stereocenters. The largest absolute Gasteiger partial charge is 0.329 e. The van der Waals surface area contributed by atoms with E-state index in [0.29, 0.717) is 29.4 Å². The number of aryl methyl sites for hydroxylation is 1. The number of nitrogens with zero attached hydrogens (tertiary/aromatic N) is 3. The third-order valence-corrected chi connectivity index (χ3v) is 5.41. The monoisotopic (exact) mass is 301 g/mol. The van der Waals surface area contributed by atoms with Crippen molar-refractivity contribution in [2.45, 2.75) is 37.8 Å². The maximum Gasteiger partial charge on any atom is 0.244 e. The van der Waals surface area contributed by atoms with E-state index in [4.69, 9.17) is 5.73 Å². The molecule has 7 nitrogen and oxygen atoms in total. The Morgan fingerprint density at radius 1 is 1.45 bits per heavy atom. The molecule has 0 radical (unpaired) electrons. The summed E-state index contributed by atoms with van der Waals surface area (Å²) in [5.74, 6) is 0. The van der Waals surface area contributed by atoms with Gasteiger partial charge in [0.1, 0.15) is 4.90 Å². The Hall–Kier alpha value is -0.960. The number of sulfonamides is 1. The average Bonchev–Trinajstić information content (AvgIpc) is 2.84. The SMILES string of the molecule is Cc1nn(CCN)c(C)c1S(=O)(=O)NC1CCN(C)C1. The fraction of sp³-hybridized carbons (Fsp3) is 0.750. The Morgan fingerprint density at radius 3 is 2.70 bits per heavy atom. The van der Waals surface area contributed by atoms with Crippen molar-refractivity contribution < 1.29 is 8.42 Å². The summed E-state index contributed by atoms with van der Waals surface area (Å²) < 4.78 is 29.5. The second kappa shape index (κ2) is 5.80. The van der Waals surface area contributed by atoms with E-state index in [-0.39, 0.29) is 6.04 Å². The lowest BCUT2D eigenvalue weighted by molar-refractivity contribution is 0.407. The number of rotatable bonds is 5. The zero-order valence-electron chi connectivity index (χ0n) is 12.3. The number of aromatic nitrogens is 2. The Balaban J connectivity index is 2.25. The molecule has 2 rings (SSSR count). The number of hydrogen-bond acceptors (Lipinski definition) is 5. The van der Waals surface area contributed by atoms with Crippen molar-refractivity contribution in [1.82, 2.24) is 19.4 Å². The molecule has 1 unspecified atom stereocenters. The lowest BCUT2D eigenvalue weighted by atomic mass is 10.3. The average molecular weight is 301 g/mol. The van der Waals surface area contributed by atoms with Crippen molar-refractivity contribution in [3.8, 4) is 0 Å². The number of hydrogen-bond donors (Lipinski definition) is 2. The van der Waals surface area contributed by atoms with Crippen LogP contribution in [0.15, 0.2) is 4.90 Å². The number of nitrogens with two attached hydrogens (primary N) is 1. The van der Waals surface area contributed by atoms with E-state index in [1.54, 1.807) is 18.5 Å². The van der Waals surface area contributed by atoms with E-state index in [1.165, 1.54) is 0 Å². The molecule has 0 bridgehead atoms. The van der Waals surface area contributed by atoms with Gasteiger partial charge in [0.25, 0.3) is 0 Å². The lowest BCUT2D eigenvalue weighted by Gasteiger charge is -2.13. The minimum absolute atomic E-state index is 0.0262. The maximum absolute atomic E-state index is 12.5. The Labute approximate surface area is 120 Å². The summed E-state index contributed by atoms with van der Waals surface area (Å²) in [5.41, 5.74) is 6.68. The van der Waals surface area contributed by atoms with Crippen molar-refractivity contribution in [2.75, 3.05) is 26.7 Å². The number of likely N-dealkylation sites (tertiary alicyclic amines) is 1. The second-order valence-corrected chi connectivity index (χ2v) is 7.03. The highest BCUT2D eigenvalue weighted by molar-refractivity contribution is 7.89. The molecule has 1 fully saturated rings. The summed E-state index contributed by atoms with van der Waals surface area (Å²) in [6, 6.07) is -0.0262. The summed E-state index contributed by atoms with van der Waals surface area (Å²) in [6.45, 7) is 6.10. The van der Waals surface area contributed by atoms with Crippen LogP contribution in [-0.4, -0.2) is 55.8 Å². The summed E-state index contributed by atoms with van der Waals surface area (Å²) in [5, 5.41) is 4.26. The second-order valence-electron chi connectivity index (χ2n) is 5.38. The molecule has 20 heavy (non-hydrogen) atoms. The van der Waals surface area contributed by atoms with E-state index in [0.717, 1.165) is 19.5 Å². The van der Waals surface area contributed by atoms with E-state index in [1.807, 2.05) is 7.05 Å². The predicted molar refractivity (Wildman–Crippen MR) is 77.0 cm³/mol. The molecule has 0 amide bonds. The Kier molecular flexibility index (Phi) is 4.48. The quantitative estimate of drug-likeness (QED) is 0.760. The lowest BCUT2D eigenvalue weighted by Crippen LogP contribution is -2.36. The molecule has 1 aliphatic heterocycles. The van der Waals surface area contributed by atoms with Crippen LogP contribution in [0.25, 0.3) is 0 Å². The summed E-state index contributed by atoms with van der Waals surface area (Å²) >= 11 is 0. The standard InChI is InChI=1S/C12H23N5O2S/c1-9-12(10(2)17(14-9)7-5-13)20(18,19)15-11-4-6-16(3)8-11/h11,15H,4-8,13H2,1-3H3. The van der Waals surface area contributed by atoms with Gasteiger partial charge in [-0.3, -0.25) is 4.68 Å². The predicted octanol–water partition coefficient (Wildman–Crippen LogP) is -0.559. The molecule has 2 heterocycles. The fourth-order valence-electron chi connectivity index (χ4n) is 2.72. The first kappa shape index (κ1) is 15.4. The van der Waals surface area contributed by atoms with Gasteiger partial charge in [0.2, 0.25) is 10.0 Å². The maximum atomic E-state index is 12.5. The molecule has 1 aromatic rings. The van der Waals surface area contributed by atoms with Gasteiger partial charge in [-0.1, -0.05) is 0 Å².